The predicted molar refractivity (Wildman–Crippen MR) is 84.6 cm³/mol. The third-order valence-corrected chi connectivity index (χ3v) is 6.09. The molecule has 0 radical (unpaired) electrons. The van der Waals surface area contributed by atoms with Crippen LogP contribution in [0.3, 0.4) is 0 Å². The van der Waals surface area contributed by atoms with Gasteiger partial charge in [-0.25, -0.2) is 0 Å². The third kappa shape index (κ3) is 2.88. The topological polar surface area (TPSA) is 33.7 Å². The number of nitrogens with zero attached hydrogens (tertiary/aromatic N) is 1. The molecule has 3 aliphatic rings. The molecule has 4 nitrogen and oxygen atoms in total. The molecule has 0 bridgehead atoms. The van der Waals surface area contributed by atoms with Gasteiger partial charge in [-0.3, -0.25) is 4.90 Å². The minimum Gasteiger partial charge on any atom is -0.379 e. The second-order valence-electron chi connectivity index (χ2n) is 7.61. The first-order valence-electron chi connectivity index (χ1n) is 8.76. The van der Waals surface area contributed by atoms with Gasteiger partial charge in [0.25, 0.3) is 0 Å². The summed E-state index contributed by atoms with van der Waals surface area (Å²) in [6, 6.07) is 0.670. The molecule has 0 amide bonds. The van der Waals surface area contributed by atoms with Crippen LogP contribution in [0.2, 0.25) is 0 Å². The highest BCUT2D eigenvalue weighted by Crippen LogP contribution is 2.57. The lowest BCUT2D eigenvalue weighted by Crippen LogP contribution is -2.68. The van der Waals surface area contributed by atoms with E-state index in [0.29, 0.717) is 17.6 Å². The maximum Gasteiger partial charge on any atom is 0.0661 e. The second-order valence-corrected chi connectivity index (χ2v) is 7.61. The highest BCUT2D eigenvalue weighted by molar-refractivity contribution is 5.12. The van der Waals surface area contributed by atoms with E-state index in [0.717, 1.165) is 39.5 Å². The molecule has 1 saturated heterocycles. The Hall–Kier alpha value is -0.160. The number of hydrogen-bond donors (Lipinski definition) is 1. The monoisotopic (exact) mass is 296 g/mol. The van der Waals surface area contributed by atoms with E-state index in [2.05, 4.69) is 31.0 Å². The van der Waals surface area contributed by atoms with Gasteiger partial charge in [0.15, 0.2) is 0 Å². The van der Waals surface area contributed by atoms with Gasteiger partial charge in [0.2, 0.25) is 0 Å². The van der Waals surface area contributed by atoms with Crippen LogP contribution in [0.4, 0.5) is 0 Å². The zero-order valence-corrected chi connectivity index (χ0v) is 14.0. The molecule has 2 atom stereocenters. The van der Waals surface area contributed by atoms with Crippen molar-refractivity contribution in [1.82, 2.24) is 10.2 Å². The van der Waals surface area contributed by atoms with E-state index in [9.17, 15) is 0 Å². The van der Waals surface area contributed by atoms with Crippen LogP contribution >= 0.6 is 0 Å². The molecule has 0 aromatic rings. The van der Waals surface area contributed by atoms with E-state index in [4.69, 9.17) is 9.47 Å². The fourth-order valence-electron chi connectivity index (χ4n) is 4.38. The summed E-state index contributed by atoms with van der Waals surface area (Å²) < 4.78 is 11.4. The zero-order valence-electron chi connectivity index (χ0n) is 14.0. The van der Waals surface area contributed by atoms with Gasteiger partial charge < -0.3 is 14.8 Å². The number of rotatable bonds is 6. The fourth-order valence-corrected chi connectivity index (χ4v) is 4.38. The molecule has 21 heavy (non-hydrogen) atoms. The highest BCUT2D eigenvalue weighted by atomic mass is 16.5. The molecule has 3 rings (SSSR count). The molecule has 1 spiro atoms. The van der Waals surface area contributed by atoms with Crippen molar-refractivity contribution >= 4 is 0 Å². The molecule has 4 heteroatoms. The van der Waals surface area contributed by atoms with Crippen LogP contribution in [-0.4, -0.2) is 62.0 Å². The van der Waals surface area contributed by atoms with Crippen molar-refractivity contribution in [2.24, 2.45) is 5.41 Å². The lowest BCUT2D eigenvalue weighted by Gasteiger charge is -2.61. The first-order chi connectivity index (χ1) is 10.1. The smallest absolute Gasteiger partial charge is 0.0661 e. The van der Waals surface area contributed by atoms with Gasteiger partial charge in [-0.2, -0.15) is 0 Å². The Morgan fingerprint density at radius 1 is 1.29 bits per heavy atom. The van der Waals surface area contributed by atoms with Crippen molar-refractivity contribution in [1.29, 1.82) is 0 Å². The Bertz CT molecular complexity index is 349. The zero-order chi connectivity index (χ0) is 14.9. The largest absolute Gasteiger partial charge is 0.379 e. The summed E-state index contributed by atoms with van der Waals surface area (Å²) in [6.07, 6.45) is 5.81. The van der Waals surface area contributed by atoms with Crippen molar-refractivity contribution in [2.45, 2.75) is 64.1 Å². The summed E-state index contributed by atoms with van der Waals surface area (Å²) in [6.45, 7) is 12.6. The van der Waals surface area contributed by atoms with Crippen molar-refractivity contribution in [3.05, 3.63) is 0 Å². The molecule has 3 fully saturated rings. The molecule has 2 aliphatic carbocycles. The summed E-state index contributed by atoms with van der Waals surface area (Å²) in [5, 5.41) is 3.88. The Morgan fingerprint density at radius 3 is 2.57 bits per heavy atom. The molecular formula is C17H32N2O2. The minimum atomic E-state index is 0.214. The van der Waals surface area contributed by atoms with E-state index in [1.54, 1.807) is 0 Å². The molecule has 2 unspecified atom stereocenters. The summed E-state index contributed by atoms with van der Waals surface area (Å²) >= 11 is 0. The molecule has 0 aromatic heterocycles. The lowest BCUT2D eigenvalue weighted by molar-refractivity contribution is -0.174. The third-order valence-electron chi connectivity index (χ3n) is 6.09. The van der Waals surface area contributed by atoms with Crippen LogP contribution in [0.15, 0.2) is 0 Å². The molecular weight excluding hydrogens is 264 g/mol. The Kier molecular flexibility index (Phi) is 4.60. The number of morpholine rings is 1. The van der Waals surface area contributed by atoms with Crippen molar-refractivity contribution in [2.75, 3.05) is 39.5 Å². The van der Waals surface area contributed by atoms with Gasteiger partial charge in [-0.1, -0.05) is 6.42 Å². The summed E-state index contributed by atoms with van der Waals surface area (Å²) in [4.78, 5) is 2.57. The molecule has 2 saturated carbocycles. The van der Waals surface area contributed by atoms with Crippen LogP contribution < -0.4 is 5.32 Å². The maximum atomic E-state index is 5.95. The Morgan fingerprint density at radius 2 is 2.00 bits per heavy atom. The van der Waals surface area contributed by atoms with Gasteiger partial charge in [-0.15, -0.1) is 0 Å². The number of nitrogens with one attached hydrogen (secondary N) is 1. The summed E-state index contributed by atoms with van der Waals surface area (Å²) in [7, 11) is 0. The average molecular weight is 296 g/mol. The van der Waals surface area contributed by atoms with Crippen molar-refractivity contribution in [3.8, 4) is 0 Å². The van der Waals surface area contributed by atoms with Crippen molar-refractivity contribution < 1.29 is 9.47 Å². The molecule has 0 aromatic carbocycles. The standard InChI is InChI=1S/C17H32N2O2/c1-4-21-15-12-14(17(15)6-5-7-17)18-13-16(2,3)19-8-10-20-11-9-19/h14-15,18H,4-13H2,1-3H3. The maximum absolute atomic E-state index is 5.95. The van der Waals surface area contributed by atoms with Gasteiger partial charge in [0, 0.05) is 43.2 Å². The van der Waals surface area contributed by atoms with E-state index >= 15 is 0 Å². The fraction of sp³-hybridized carbons (Fsp3) is 1.00. The minimum absolute atomic E-state index is 0.214. The molecule has 1 aliphatic heterocycles. The van der Waals surface area contributed by atoms with E-state index in [1.165, 1.54) is 25.7 Å². The number of hydrogen-bond acceptors (Lipinski definition) is 4. The average Bonchev–Trinajstić information content (AvgIpc) is 2.41. The number of ether oxygens (including phenoxy) is 2. The van der Waals surface area contributed by atoms with Crippen LogP contribution in [-0.2, 0) is 9.47 Å². The summed E-state index contributed by atoms with van der Waals surface area (Å²) in [5.74, 6) is 0. The summed E-state index contributed by atoms with van der Waals surface area (Å²) in [5.41, 5.74) is 0.683. The molecule has 122 valence electrons. The van der Waals surface area contributed by atoms with Crippen LogP contribution in [0.25, 0.3) is 0 Å². The second kappa shape index (κ2) is 6.15. The normalized spacial score (nSPS) is 32.7. The van der Waals surface area contributed by atoms with E-state index in [-0.39, 0.29) is 5.54 Å². The Balaban J connectivity index is 1.51. The van der Waals surface area contributed by atoms with Crippen LogP contribution in [0.1, 0.15) is 46.5 Å². The van der Waals surface area contributed by atoms with E-state index < -0.39 is 0 Å². The van der Waals surface area contributed by atoms with Crippen molar-refractivity contribution in [3.63, 3.8) is 0 Å². The quantitative estimate of drug-likeness (QED) is 0.813. The lowest BCUT2D eigenvalue weighted by atomic mass is 9.51. The van der Waals surface area contributed by atoms with Gasteiger partial charge in [0.05, 0.1) is 19.3 Å². The van der Waals surface area contributed by atoms with E-state index in [1.807, 2.05) is 0 Å². The molecule has 1 N–H and O–H groups in total. The SMILES string of the molecule is CCOC1CC(NCC(C)(C)N2CCOCC2)C12CCC2. The molecule has 1 heterocycles. The first kappa shape index (κ1) is 15.7. The van der Waals surface area contributed by atoms with Gasteiger partial charge >= 0.3 is 0 Å². The van der Waals surface area contributed by atoms with Crippen LogP contribution in [0.5, 0.6) is 0 Å². The highest BCUT2D eigenvalue weighted by Gasteiger charge is 2.58. The first-order valence-corrected chi connectivity index (χ1v) is 8.76. The van der Waals surface area contributed by atoms with Crippen LogP contribution in [0, 0.1) is 5.41 Å². The van der Waals surface area contributed by atoms with Gasteiger partial charge in [0.1, 0.15) is 0 Å². The Labute approximate surface area is 129 Å². The predicted octanol–water partition coefficient (Wildman–Crippen LogP) is 2.03. The van der Waals surface area contributed by atoms with Gasteiger partial charge in [-0.05, 0) is 40.0 Å².